The van der Waals surface area contributed by atoms with E-state index in [9.17, 15) is 15.0 Å². The summed E-state index contributed by atoms with van der Waals surface area (Å²) in [4.78, 5) is 11.0. The molecule has 0 aromatic heterocycles. The molecular weight excluding hydrogens is 450 g/mol. The molecule has 0 spiro atoms. The Morgan fingerprint density at radius 3 is 2.17 bits per heavy atom. The topological polar surface area (TPSA) is 89.8 Å². The van der Waals surface area contributed by atoms with Crippen LogP contribution < -0.4 is 5.32 Å². The molecule has 1 atom stereocenters. The van der Waals surface area contributed by atoms with E-state index in [1.54, 1.807) is 12.1 Å². The number of carboxylic acids is 1. The Balaban J connectivity index is 0.000000482. The molecule has 5 heteroatoms. The van der Waals surface area contributed by atoms with Crippen molar-refractivity contribution in [2.75, 3.05) is 6.54 Å². The number of phenolic OH excluding ortho intramolecular Hbond substituents is 2. The van der Waals surface area contributed by atoms with E-state index < -0.39 is 5.97 Å². The first kappa shape index (κ1) is 28.4. The van der Waals surface area contributed by atoms with Gasteiger partial charge in [0.05, 0.1) is 6.04 Å². The lowest BCUT2D eigenvalue weighted by Gasteiger charge is -2.19. The maximum absolute atomic E-state index is 11.0. The molecule has 3 aromatic rings. The molecule has 0 fully saturated rings. The first-order chi connectivity index (χ1) is 17.2. The summed E-state index contributed by atoms with van der Waals surface area (Å²) in [6.07, 6.45) is 5.56. The number of carboxylic acid groups (broad SMARTS) is 1. The highest BCUT2D eigenvalue weighted by Crippen LogP contribution is 2.31. The van der Waals surface area contributed by atoms with Crippen molar-refractivity contribution in [2.45, 2.75) is 46.6 Å². The number of allylic oxidation sites excluding steroid dienone is 1. The van der Waals surface area contributed by atoms with Gasteiger partial charge in [0.25, 0.3) is 0 Å². The second-order valence-corrected chi connectivity index (χ2v) is 8.57. The van der Waals surface area contributed by atoms with E-state index in [4.69, 9.17) is 5.11 Å². The third kappa shape index (κ3) is 9.08. The van der Waals surface area contributed by atoms with E-state index in [2.05, 4.69) is 67.7 Å². The van der Waals surface area contributed by atoms with Gasteiger partial charge in [-0.1, -0.05) is 86.2 Å². The fourth-order valence-corrected chi connectivity index (χ4v) is 3.58. The van der Waals surface area contributed by atoms with Crippen molar-refractivity contribution >= 4 is 11.5 Å². The number of aliphatic carboxylic acids is 1. The second-order valence-electron chi connectivity index (χ2n) is 8.57. The molecule has 3 rings (SSSR count). The summed E-state index contributed by atoms with van der Waals surface area (Å²) < 4.78 is 0. The van der Waals surface area contributed by atoms with Crippen molar-refractivity contribution in [3.63, 3.8) is 0 Å². The SMILES string of the molecule is CC/C(=C\C(NC/C=C(\C)C(=O)O)c1ccc(O)cc1O)c1ccc(C)cc1.CCc1ccccc1. The second kappa shape index (κ2) is 14.5. The van der Waals surface area contributed by atoms with E-state index in [1.165, 1.54) is 30.2 Å². The van der Waals surface area contributed by atoms with Crippen LogP contribution in [0.2, 0.25) is 0 Å². The molecule has 0 aliphatic heterocycles. The standard InChI is InChI=1S/C23H27NO4.C8H10/c1-4-17(18-7-5-15(2)6-8-18)13-21(24-12-11-16(3)23(27)28)20-10-9-19(25)14-22(20)26;1-2-8-6-4-3-5-7-8/h5-11,13-14,21,24-26H,4,12H2,1-3H3,(H,27,28);3-7H,2H2,1H3/b16-11+,17-13+;. The first-order valence-electron chi connectivity index (χ1n) is 12.2. The lowest BCUT2D eigenvalue weighted by atomic mass is 9.96. The van der Waals surface area contributed by atoms with Gasteiger partial charge in [0.1, 0.15) is 11.5 Å². The molecule has 3 aromatic carbocycles. The van der Waals surface area contributed by atoms with Gasteiger partial charge in [-0.15, -0.1) is 0 Å². The van der Waals surface area contributed by atoms with Crippen LogP contribution in [0.25, 0.3) is 5.57 Å². The Kier molecular flexibility index (Phi) is 11.5. The van der Waals surface area contributed by atoms with Gasteiger partial charge in [0.2, 0.25) is 0 Å². The van der Waals surface area contributed by atoms with E-state index >= 15 is 0 Å². The number of nitrogens with one attached hydrogen (secondary N) is 1. The Hall–Kier alpha value is -3.83. The average Bonchev–Trinajstić information content (AvgIpc) is 2.87. The molecule has 36 heavy (non-hydrogen) atoms. The van der Waals surface area contributed by atoms with E-state index in [0.29, 0.717) is 12.1 Å². The molecular formula is C31H37NO4. The first-order valence-corrected chi connectivity index (χ1v) is 12.2. The van der Waals surface area contributed by atoms with Crippen molar-refractivity contribution < 1.29 is 20.1 Å². The molecule has 0 radical (unpaired) electrons. The van der Waals surface area contributed by atoms with Crippen LogP contribution in [-0.2, 0) is 11.2 Å². The predicted molar refractivity (Wildman–Crippen MR) is 147 cm³/mol. The highest BCUT2D eigenvalue weighted by Gasteiger charge is 2.15. The molecule has 0 aliphatic rings. The maximum Gasteiger partial charge on any atom is 0.330 e. The molecule has 4 N–H and O–H groups in total. The van der Waals surface area contributed by atoms with Crippen molar-refractivity contribution in [3.05, 3.63) is 113 Å². The number of hydrogen-bond donors (Lipinski definition) is 4. The summed E-state index contributed by atoms with van der Waals surface area (Å²) in [5.41, 5.74) is 5.64. The van der Waals surface area contributed by atoms with Crippen LogP contribution in [0.4, 0.5) is 0 Å². The van der Waals surface area contributed by atoms with Crippen molar-refractivity contribution in [2.24, 2.45) is 0 Å². The van der Waals surface area contributed by atoms with Gasteiger partial charge < -0.3 is 20.6 Å². The van der Waals surface area contributed by atoms with Gasteiger partial charge in [0, 0.05) is 23.7 Å². The molecule has 0 heterocycles. The lowest BCUT2D eigenvalue weighted by molar-refractivity contribution is -0.132. The number of rotatable bonds is 9. The van der Waals surface area contributed by atoms with Crippen LogP contribution in [0.15, 0.2) is 90.5 Å². The Labute approximate surface area is 214 Å². The molecule has 0 amide bonds. The van der Waals surface area contributed by atoms with Gasteiger partial charge in [-0.05, 0) is 55.5 Å². The molecule has 1 unspecified atom stereocenters. The summed E-state index contributed by atoms with van der Waals surface area (Å²) in [6.45, 7) is 8.12. The summed E-state index contributed by atoms with van der Waals surface area (Å²) in [6, 6.07) is 22.8. The molecule has 5 nitrogen and oxygen atoms in total. The fraction of sp³-hybridized carbons (Fsp3) is 0.258. The Morgan fingerprint density at radius 1 is 0.972 bits per heavy atom. The Bertz CT molecular complexity index is 1160. The monoisotopic (exact) mass is 487 g/mol. The van der Waals surface area contributed by atoms with Gasteiger partial charge >= 0.3 is 5.97 Å². The summed E-state index contributed by atoms with van der Waals surface area (Å²) in [5, 5.41) is 32.2. The maximum atomic E-state index is 11.0. The van der Waals surface area contributed by atoms with Crippen LogP contribution in [0, 0.1) is 6.92 Å². The van der Waals surface area contributed by atoms with E-state index in [1.807, 2.05) is 19.1 Å². The summed E-state index contributed by atoms with van der Waals surface area (Å²) in [5.74, 6) is -0.998. The molecule has 0 bridgehead atoms. The van der Waals surface area contributed by atoms with Crippen LogP contribution in [0.5, 0.6) is 11.5 Å². The number of hydrogen-bond acceptors (Lipinski definition) is 4. The zero-order valence-corrected chi connectivity index (χ0v) is 21.5. The largest absolute Gasteiger partial charge is 0.508 e. The number of phenols is 2. The summed E-state index contributed by atoms with van der Waals surface area (Å²) in [7, 11) is 0. The van der Waals surface area contributed by atoms with Gasteiger partial charge in [0.15, 0.2) is 0 Å². The zero-order chi connectivity index (χ0) is 26.5. The van der Waals surface area contributed by atoms with Crippen LogP contribution >= 0.6 is 0 Å². The van der Waals surface area contributed by atoms with Gasteiger partial charge in [-0.2, -0.15) is 0 Å². The number of aromatic hydroxyl groups is 2. The molecule has 190 valence electrons. The number of benzene rings is 3. The lowest BCUT2D eigenvalue weighted by Crippen LogP contribution is -2.21. The van der Waals surface area contributed by atoms with E-state index in [0.717, 1.165) is 24.0 Å². The third-order valence-corrected chi connectivity index (χ3v) is 5.85. The van der Waals surface area contributed by atoms with Crippen LogP contribution in [0.1, 0.15) is 55.5 Å². The quantitative estimate of drug-likeness (QED) is 0.249. The van der Waals surface area contributed by atoms with Gasteiger partial charge in [-0.25, -0.2) is 4.79 Å². The Morgan fingerprint density at radius 2 is 1.64 bits per heavy atom. The minimum absolute atomic E-state index is 0.0140. The number of carbonyl (C=O) groups is 1. The third-order valence-electron chi connectivity index (χ3n) is 5.85. The fourth-order valence-electron chi connectivity index (χ4n) is 3.58. The molecule has 0 saturated carbocycles. The highest BCUT2D eigenvalue weighted by molar-refractivity contribution is 5.85. The van der Waals surface area contributed by atoms with Crippen molar-refractivity contribution in [3.8, 4) is 11.5 Å². The van der Waals surface area contributed by atoms with E-state index in [-0.39, 0.29) is 23.1 Å². The minimum Gasteiger partial charge on any atom is -0.508 e. The molecule has 0 aliphatic carbocycles. The van der Waals surface area contributed by atoms with Gasteiger partial charge in [-0.3, -0.25) is 0 Å². The smallest absolute Gasteiger partial charge is 0.330 e. The molecule has 0 saturated heterocycles. The minimum atomic E-state index is -0.963. The predicted octanol–water partition coefficient (Wildman–Crippen LogP) is 6.81. The highest BCUT2D eigenvalue weighted by atomic mass is 16.4. The normalized spacial score (nSPS) is 12.4. The van der Waals surface area contributed by atoms with Crippen molar-refractivity contribution in [1.82, 2.24) is 5.32 Å². The average molecular weight is 488 g/mol. The van der Waals surface area contributed by atoms with Crippen molar-refractivity contribution in [1.29, 1.82) is 0 Å². The van der Waals surface area contributed by atoms with Crippen LogP contribution in [-0.4, -0.2) is 27.8 Å². The summed E-state index contributed by atoms with van der Waals surface area (Å²) >= 11 is 0. The van der Waals surface area contributed by atoms with Crippen LogP contribution in [0.3, 0.4) is 0 Å². The number of aryl methyl sites for hydroxylation is 2. The zero-order valence-electron chi connectivity index (χ0n) is 21.5.